The van der Waals surface area contributed by atoms with Gasteiger partial charge in [0.25, 0.3) is 5.91 Å². The molecule has 3 aromatic rings. The number of ether oxygens (including phenoxy) is 2. The van der Waals surface area contributed by atoms with Crippen molar-refractivity contribution in [3.8, 4) is 5.75 Å². The molecule has 1 amide bonds. The summed E-state index contributed by atoms with van der Waals surface area (Å²) >= 11 is 1.60. The van der Waals surface area contributed by atoms with Crippen LogP contribution in [0.1, 0.15) is 26.6 Å². The summed E-state index contributed by atoms with van der Waals surface area (Å²) < 4.78 is 11.0. The maximum atomic E-state index is 13.1. The Morgan fingerprint density at radius 2 is 1.96 bits per heavy atom. The minimum Gasteiger partial charge on any atom is -0.487 e. The molecule has 3 rings (SSSR count). The van der Waals surface area contributed by atoms with Crippen LogP contribution >= 0.6 is 11.3 Å². The highest BCUT2D eigenvalue weighted by Gasteiger charge is 2.17. The second-order valence-electron chi connectivity index (χ2n) is 6.38. The molecule has 0 radical (unpaired) electrons. The Labute approximate surface area is 169 Å². The van der Waals surface area contributed by atoms with Gasteiger partial charge in [0.1, 0.15) is 12.4 Å². The van der Waals surface area contributed by atoms with E-state index < -0.39 is 0 Å². The number of rotatable bonds is 9. The fourth-order valence-electron chi connectivity index (χ4n) is 2.79. The molecule has 0 aliphatic heterocycles. The highest BCUT2D eigenvalue weighted by Crippen LogP contribution is 2.18. The number of hydrogen-bond acceptors (Lipinski definition) is 5. The number of aromatic nitrogens is 1. The zero-order chi connectivity index (χ0) is 19.8. The van der Waals surface area contributed by atoms with Crippen LogP contribution in [0.5, 0.6) is 5.75 Å². The molecule has 0 saturated heterocycles. The zero-order valence-electron chi connectivity index (χ0n) is 16.1. The van der Waals surface area contributed by atoms with Crippen molar-refractivity contribution in [2.75, 3.05) is 20.3 Å². The summed E-state index contributed by atoms with van der Waals surface area (Å²) in [5.41, 5.74) is 2.57. The van der Waals surface area contributed by atoms with Gasteiger partial charge in [-0.15, -0.1) is 11.3 Å². The summed E-state index contributed by atoms with van der Waals surface area (Å²) in [4.78, 5) is 19.3. The molecule has 0 spiro atoms. The van der Waals surface area contributed by atoms with Gasteiger partial charge in [-0.3, -0.25) is 4.79 Å². The molecule has 0 unspecified atom stereocenters. The van der Waals surface area contributed by atoms with Crippen LogP contribution in [0, 0.1) is 6.92 Å². The van der Waals surface area contributed by atoms with Crippen LogP contribution in [0.4, 0.5) is 0 Å². The Kier molecular flexibility index (Phi) is 7.17. The SMILES string of the molecule is COCCN(Cc1ccccc1)C(=O)c1cccc(OCc2csc(C)n2)c1. The molecule has 0 saturated carbocycles. The molecule has 0 fully saturated rings. The van der Waals surface area contributed by atoms with E-state index in [9.17, 15) is 4.79 Å². The first-order valence-corrected chi connectivity index (χ1v) is 9.99. The van der Waals surface area contributed by atoms with E-state index in [-0.39, 0.29) is 5.91 Å². The number of benzene rings is 2. The van der Waals surface area contributed by atoms with Crippen LogP contribution in [0.25, 0.3) is 0 Å². The highest BCUT2D eigenvalue weighted by molar-refractivity contribution is 7.09. The van der Waals surface area contributed by atoms with Crippen LogP contribution in [0.15, 0.2) is 60.0 Å². The van der Waals surface area contributed by atoms with E-state index in [0.717, 1.165) is 16.3 Å². The lowest BCUT2D eigenvalue weighted by molar-refractivity contribution is 0.0680. The van der Waals surface area contributed by atoms with Crippen molar-refractivity contribution < 1.29 is 14.3 Å². The first-order chi connectivity index (χ1) is 13.7. The van der Waals surface area contributed by atoms with Crippen molar-refractivity contribution in [3.63, 3.8) is 0 Å². The lowest BCUT2D eigenvalue weighted by Crippen LogP contribution is -2.33. The topological polar surface area (TPSA) is 51.7 Å². The fourth-order valence-corrected chi connectivity index (χ4v) is 3.39. The van der Waals surface area contributed by atoms with E-state index in [0.29, 0.717) is 37.6 Å². The van der Waals surface area contributed by atoms with Gasteiger partial charge in [0, 0.05) is 31.1 Å². The van der Waals surface area contributed by atoms with E-state index >= 15 is 0 Å². The predicted octanol–water partition coefficient (Wildman–Crippen LogP) is 4.32. The zero-order valence-corrected chi connectivity index (χ0v) is 16.9. The normalized spacial score (nSPS) is 10.6. The van der Waals surface area contributed by atoms with Crippen LogP contribution in [-0.4, -0.2) is 36.1 Å². The number of amides is 1. The number of aryl methyl sites for hydroxylation is 1. The third-order valence-electron chi connectivity index (χ3n) is 4.20. The molecule has 0 N–H and O–H groups in total. The average molecular weight is 397 g/mol. The van der Waals surface area contributed by atoms with Gasteiger partial charge in [0.15, 0.2) is 0 Å². The van der Waals surface area contributed by atoms with Crippen molar-refractivity contribution in [1.82, 2.24) is 9.88 Å². The second kappa shape index (κ2) is 10.0. The highest BCUT2D eigenvalue weighted by atomic mass is 32.1. The van der Waals surface area contributed by atoms with Gasteiger partial charge in [-0.1, -0.05) is 36.4 Å². The van der Waals surface area contributed by atoms with Crippen molar-refractivity contribution in [3.05, 3.63) is 81.8 Å². The molecule has 5 nitrogen and oxygen atoms in total. The Balaban J connectivity index is 1.70. The maximum absolute atomic E-state index is 13.1. The monoisotopic (exact) mass is 396 g/mol. The molecular formula is C22H24N2O3S. The molecule has 146 valence electrons. The number of methoxy groups -OCH3 is 1. The van der Waals surface area contributed by atoms with Crippen molar-refractivity contribution in [1.29, 1.82) is 0 Å². The minimum absolute atomic E-state index is 0.0455. The standard InChI is InChI=1S/C22H24N2O3S/c1-17-23-20(16-28-17)15-27-21-10-6-9-19(13-21)22(25)24(11-12-26-2)14-18-7-4-3-5-8-18/h3-10,13,16H,11-12,14-15H2,1-2H3. The van der Waals surface area contributed by atoms with Crippen LogP contribution < -0.4 is 4.74 Å². The summed E-state index contributed by atoms with van der Waals surface area (Å²) in [5.74, 6) is 0.610. The molecule has 0 aliphatic carbocycles. The van der Waals surface area contributed by atoms with Gasteiger partial charge in [-0.25, -0.2) is 4.98 Å². The predicted molar refractivity (Wildman–Crippen MR) is 111 cm³/mol. The summed E-state index contributed by atoms with van der Waals surface area (Å²) in [6.07, 6.45) is 0. The molecule has 2 aromatic carbocycles. The number of carbonyl (C=O) groups excluding carboxylic acids is 1. The third kappa shape index (κ3) is 5.65. The Bertz CT molecular complexity index is 896. The van der Waals surface area contributed by atoms with Crippen LogP contribution in [-0.2, 0) is 17.9 Å². The molecule has 1 heterocycles. The number of thiazole rings is 1. The lowest BCUT2D eigenvalue weighted by Gasteiger charge is -2.23. The third-order valence-corrected chi connectivity index (χ3v) is 5.03. The number of hydrogen-bond donors (Lipinski definition) is 0. The largest absolute Gasteiger partial charge is 0.487 e. The van der Waals surface area contributed by atoms with Gasteiger partial charge in [-0.2, -0.15) is 0 Å². The average Bonchev–Trinajstić information content (AvgIpc) is 3.15. The van der Waals surface area contributed by atoms with Gasteiger partial charge in [0.2, 0.25) is 0 Å². The van der Waals surface area contributed by atoms with Gasteiger partial charge < -0.3 is 14.4 Å². The van der Waals surface area contributed by atoms with Crippen molar-refractivity contribution >= 4 is 17.2 Å². The first-order valence-electron chi connectivity index (χ1n) is 9.11. The van der Waals surface area contributed by atoms with Crippen LogP contribution in [0.3, 0.4) is 0 Å². The Morgan fingerprint density at radius 3 is 2.68 bits per heavy atom. The van der Waals surface area contributed by atoms with Crippen LogP contribution in [0.2, 0.25) is 0 Å². The summed E-state index contributed by atoms with van der Waals surface area (Å²) in [6.45, 7) is 3.89. The van der Waals surface area contributed by atoms with E-state index in [1.165, 1.54) is 0 Å². The summed E-state index contributed by atoms with van der Waals surface area (Å²) in [6, 6.07) is 17.2. The second-order valence-corrected chi connectivity index (χ2v) is 7.44. The van der Waals surface area contributed by atoms with Gasteiger partial charge in [0.05, 0.1) is 17.3 Å². The van der Waals surface area contributed by atoms with Crippen molar-refractivity contribution in [2.45, 2.75) is 20.1 Å². The van der Waals surface area contributed by atoms with E-state index in [2.05, 4.69) is 4.98 Å². The summed E-state index contributed by atoms with van der Waals surface area (Å²) in [7, 11) is 1.64. The minimum atomic E-state index is -0.0455. The molecule has 0 bridgehead atoms. The van der Waals surface area contributed by atoms with E-state index in [1.807, 2.05) is 60.8 Å². The molecule has 28 heavy (non-hydrogen) atoms. The molecule has 0 atom stereocenters. The Morgan fingerprint density at radius 1 is 1.14 bits per heavy atom. The maximum Gasteiger partial charge on any atom is 0.254 e. The number of carbonyl (C=O) groups is 1. The lowest BCUT2D eigenvalue weighted by atomic mass is 10.1. The summed E-state index contributed by atoms with van der Waals surface area (Å²) in [5, 5.41) is 2.99. The smallest absolute Gasteiger partial charge is 0.254 e. The first kappa shape index (κ1) is 20.0. The molecule has 1 aromatic heterocycles. The fraction of sp³-hybridized carbons (Fsp3) is 0.273. The van der Waals surface area contributed by atoms with Gasteiger partial charge >= 0.3 is 0 Å². The molecule has 6 heteroatoms. The number of nitrogens with zero attached hydrogens (tertiary/aromatic N) is 2. The van der Waals surface area contributed by atoms with Crippen molar-refractivity contribution in [2.24, 2.45) is 0 Å². The Hall–Kier alpha value is -2.70. The van der Waals surface area contributed by atoms with E-state index in [4.69, 9.17) is 9.47 Å². The quantitative estimate of drug-likeness (QED) is 0.541. The van der Waals surface area contributed by atoms with Gasteiger partial charge in [-0.05, 0) is 30.7 Å². The molecule has 0 aliphatic rings. The van der Waals surface area contributed by atoms with E-state index in [1.54, 1.807) is 29.4 Å². The molecular weight excluding hydrogens is 372 g/mol.